The zero-order chi connectivity index (χ0) is 8.97. The number of carbonyl (C=O) groups is 2. The number of amides is 2. The molecule has 0 aromatic heterocycles. The van der Waals surface area contributed by atoms with E-state index in [1.807, 2.05) is 0 Å². The molecule has 1 heterocycles. The number of likely N-dealkylation sites (tertiary alicyclic amines) is 1. The Morgan fingerprint density at radius 3 is 2.08 bits per heavy atom. The number of rotatable bonds is 2. The van der Waals surface area contributed by atoms with Crippen molar-refractivity contribution in [3.63, 3.8) is 0 Å². The zero-order valence-corrected chi connectivity index (χ0v) is 6.95. The Hall–Kier alpha value is -0.900. The lowest BCUT2D eigenvalue weighted by Gasteiger charge is -2.16. The molecule has 68 valence electrons. The van der Waals surface area contributed by atoms with Crippen molar-refractivity contribution in [3.05, 3.63) is 0 Å². The molecule has 4 nitrogen and oxygen atoms in total. The van der Waals surface area contributed by atoms with Crippen LogP contribution in [0, 0.1) is 0 Å². The molecule has 0 aliphatic carbocycles. The third-order valence-electron chi connectivity index (χ3n) is 1.96. The Kier molecular flexibility index (Phi) is 3.22. The van der Waals surface area contributed by atoms with Gasteiger partial charge in [0.25, 0.3) is 0 Å². The van der Waals surface area contributed by atoms with Gasteiger partial charge in [-0.1, -0.05) is 0 Å². The number of nitrogens with zero attached hydrogens (tertiary/aromatic N) is 1. The van der Waals surface area contributed by atoms with E-state index >= 15 is 0 Å². The molecule has 4 heteroatoms. The normalized spacial score (nSPS) is 19.6. The van der Waals surface area contributed by atoms with Crippen LogP contribution in [0.1, 0.15) is 25.7 Å². The molecule has 12 heavy (non-hydrogen) atoms. The standard InChI is InChI=1S/C8H13NO3/c10-6-5-9-7(11)3-1-2-4-8(9)12/h10H,1-6H2. The summed E-state index contributed by atoms with van der Waals surface area (Å²) in [6.45, 7) is 0.00907. The van der Waals surface area contributed by atoms with Gasteiger partial charge >= 0.3 is 0 Å². The van der Waals surface area contributed by atoms with Crippen molar-refractivity contribution in [1.29, 1.82) is 0 Å². The van der Waals surface area contributed by atoms with Crippen molar-refractivity contribution < 1.29 is 14.7 Å². The summed E-state index contributed by atoms with van der Waals surface area (Å²) in [6.07, 6.45) is 2.44. The Morgan fingerprint density at radius 2 is 1.67 bits per heavy atom. The Morgan fingerprint density at radius 1 is 1.17 bits per heavy atom. The van der Waals surface area contributed by atoms with Crippen LogP contribution in [-0.4, -0.2) is 35.0 Å². The predicted octanol–water partition coefficient (Wildman–Crippen LogP) is -0.0921. The number of carbonyl (C=O) groups excluding carboxylic acids is 2. The van der Waals surface area contributed by atoms with E-state index in [2.05, 4.69) is 0 Å². The highest BCUT2D eigenvalue weighted by atomic mass is 16.3. The molecule has 0 spiro atoms. The summed E-state index contributed by atoms with van der Waals surface area (Å²) in [6, 6.07) is 0. The molecule has 1 saturated heterocycles. The molecule has 1 N–H and O–H groups in total. The minimum absolute atomic E-state index is 0.141. The highest BCUT2D eigenvalue weighted by Gasteiger charge is 2.22. The molecular formula is C8H13NO3. The fraction of sp³-hybridized carbons (Fsp3) is 0.750. The minimum Gasteiger partial charge on any atom is -0.395 e. The highest BCUT2D eigenvalue weighted by molar-refractivity contribution is 5.95. The second kappa shape index (κ2) is 4.21. The SMILES string of the molecule is O=C1CCCCC(=O)N1CCO. The first-order valence-electron chi connectivity index (χ1n) is 4.20. The summed E-state index contributed by atoms with van der Waals surface area (Å²) in [4.78, 5) is 23.6. The maximum absolute atomic E-state index is 11.2. The summed E-state index contributed by atoms with van der Waals surface area (Å²) in [5.74, 6) is -0.293. The van der Waals surface area contributed by atoms with E-state index in [0.717, 1.165) is 17.7 Å². The van der Waals surface area contributed by atoms with Crippen LogP contribution in [-0.2, 0) is 9.59 Å². The predicted molar refractivity (Wildman–Crippen MR) is 42.3 cm³/mol. The van der Waals surface area contributed by atoms with E-state index in [0.29, 0.717) is 12.8 Å². The Bertz CT molecular complexity index is 173. The number of β-amino-alcohol motifs (C(OH)–C–C–N with tert-alkyl or cyclic N) is 1. The second-order valence-corrected chi connectivity index (χ2v) is 2.87. The van der Waals surface area contributed by atoms with Crippen LogP contribution in [0.15, 0.2) is 0 Å². The van der Waals surface area contributed by atoms with Gasteiger partial charge < -0.3 is 5.11 Å². The summed E-state index contributed by atoms with van der Waals surface area (Å²) in [5.41, 5.74) is 0. The average Bonchev–Trinajstić information content (AvgIpc) is 2.19. The van der Waals surface area contributed by atoms with Crippen LogP contribution in [0.3, 0.4) is 0 Å². The van der Waals surface area contributed by atoms with E-state index < -0.39 is 0 Å². The number of imide groups is 1. The fourth-order valence-electron chi connectivity index (χ4n) is 1.31. The first kappa shape index (κ1) is 9.19. The van der Waals surface area contributed by atoms with Gasteiger partial charge in [-0.3, -0.25) is 14.5 Å². The molecule has 1 fully saturated rings. The maximum atomic E-state index is 11.2. The Labute approximate surface area is 71.2 Å². The van der Waals surface area contributed by atoms with Gasteiger partial charge in [0.05, 0.1) is 13.2 Å². The van der Waals surface area contributed by atoms with E-state index in [-0.39, 0.29) is 25.0 Å². The quantitative estimate of drug-likeness (QED) is 0.590. The molecule has 0 unspecified atom stereocenters. The van der Waals surface area contributed by atoms with Crippen LogP contribution < -0.4 is 0 Å². The molecule has 0 aromatic carbocycles. The number of hydrogen-bond donors (Lipinski definition) is 1. The van der Waals surface area contributed by atoms with Gasteiger partial charge in [-0.05, 0) is 12.8 Å². The summed E-state index contributed by atoms with van der Waals surface area (Å²) in [5, 5.41) is 8.60. The van der Waals surface area contributed by atoms with Crippen molar-refractivity contribution in [3.8, 4) is 0 Å². The third-order valence-corrected chi connectivity index (χ3v) is 1.96. The number of aliphatic hydroxyl groups is 1. The van der Waals surface area contributed by atoms with Gasteiger partial charge in [-0.15, -0.1) is 0 Å². The van der Waals surface area contributed by atoms with Crippen molar-refractivity contribution in [2.45, 2.75) is 25.7 Å². The summed E-state index contributed by atoms with van der Waals surface area (Å²) < 4.78 is 0. The van der Waals surface area contributed by atoms with Crippen molar-refractivity contribution in [1.82, 2.24) is 4.90 Å². The molecule has 0 atom stereocenters. The van der Waals surface area contributed by atoms with E-state index in [1.54, 1.807) is 0 Å². The third kappa shape index (κ3) is 2.04. The van der Waals surface area contributed by atoms with Gasteiger partial charge in [0.15, 0.2) is 0 Å². The molecule has 0 saturated carbocycles. The lowest BCUT2D eigenvalue weighted by molar-refractivity contribution is -0.144. The van der Waals surface area contributed by atoms with Crippen molar-refractivity contribution >= 4 is 11.8 Å². The summed E-state index contributed by atoms with van der Waals surface area (Å²) in [7, 11) is 0. The van der Waals surface area contributed by atoms with Gasteiger partial charge in [-0.25, -0.2) is 0 Å². The molecule has 1 rings (SSSR count). The molecule has 2 amide bonds. The lowest BCUT2D eigenvalue weighted by Crippen LogP contribution is -2.37. The van der Waals surface area contributed by atoms with Crippen LogP contribution in [0.4, 0.5) is 0 Å². The monoisotopic (exact) mass is 171 g/mol. The van der Waals surface area contributed by atoms with Crippen molar-refractivity contribution in [2.75, 3.05) is 13.2 Å². The van der Waals surface area contributed by atoms with E-state index in [1.165, 1.54) is 0 Å². The van der Waals surface area contributed by atoms with Gasteiger partial charge in [0.2, 0.25) is 11.8 Å². The van der Waals surface area contributed by atoms with Crippen molar-refractivity contribution in [2.24, 2.45) is 0 Å². The number of hydrogen-bond acceptors (Lipinski definition) is 3. The largest absolute Gasteiger partial charge is 0.395 e. The molecular weight excluding hydrogens is 158 g/mol. The summed E-state index contributed by atoms with van der Waals surface area (Å²) >= 11 is 0. The maximum Gasteiger partial charge on any atom is 0.229 e. The first-order chi connectivity index (χ1) is 5.75. The van der Waals surface area contributed by atoms with Crippen LogP contribution in [0.25, 0.3) is 0 Å². The second-order valence-electron chi connectivity index (χ2n) is 2.87. The van der Waals surface area contributed by atoms with Gasteiger partial charge in [-0.2, -0.15) is 0 Å². The number of aliphatic hydroxyl groups excluding tert-OH is 1. The zero-order valence-electron chi connectivity index (χ0n) is 6.95. The van der Waals surface area contributed by atoms with Crippen LogP contribution in [0.5, 0.6) is 0 Å². The smallest absolute Gasteiger partial charge is 0.229 e. The van der Waals surface area contributed by atoms with Crippen LogP contribution in [0.2, 0.25) is 0 Å². The highest BCUT2D eigenvalue weighted by Crippen LogP contribution is 2.11. The Balaban J connectivity index is 2.61. The van der Waals surface area contributed by atoms with E-state index in [9.17, 15) is 9.59 Å². The van der Waals surface area contributed by atoms with E-state index in [4.69, 9.17) is 5.11 Å². The molecule has 1 aliphatic heterocycles. The average molecular weight is 171 g/mol. The topological polar surface area (TPSA) is 57.6 Å². The molecule has 0 radical (unpaired) electrons. The molecule has 0 aromatic rings. The van der Waals surface area contributed by atoms with Gasteiger partial charge in [0, 0.05) is 12.8 Å². The fourth-order valence-corrected chi connectivity index (χ4v) is 1.31. The molecule has 0 bridgehead atoms. The lowest BCUT2D eigenvalue weighted by atomic mass is 10.2. The molecule has 1 aliphatic rings. The minimum atomic E-state index is -0.147. The van der Waals surface area contributed by atoms with Crippen LogP contribution >= 0.6 is 0 Å². The first-order valence-corrected chi connectivity index (χ1v) is 4.20. The van der Waals surface area contributed by atoms with Gasteiger partial charge in [0.1, 0.15) is 0 Å².